The predicted molar refractivity (Wildman–Crippen MR) is 118 cm³/mol. The molecule has 0 unspecified atom stereocenters. The average Bonchev–Trinajstić information content (AvgIpc) is 2.74. The number of methoxy groups -OCH3 is 3. The Morgan fingerprint density at radius 3 is 0.933 bits per heavy atom. The van der Waals surface area contributed by atoms with Crippen LogP contribution in [0, 0.1) is 0 Å². The molecule has 0 saturated heterocycles. The SMILES string of the molecule is C.COc1ccc([P+](c2ccc(OC)cc2)(c2ccc(OC)cc2)C(F)(F)F)cc1. The molecule has 0 fully saturated rings. The highest BCUT2D eigenvalue weighted by molar-refractivity contribution is 7.96. The van der Waals surface area contributed by atoms with Gasteiger partial charge in [0.05, 0.1) is 21.3 Å². The summed E-state index contributed by atoms with van der Waals surface area (Å²) in [6, 6.07) is 18.3. The molecule has 0 amide bonds. The largest absolute Gasteiger partial charge is 0.524 e. The van der Waals surface area contributed by atoms with Gasteiger partial charge in [-0.1, -0.05) is 7.43 Å². The molecule has 0 N–H and O–H groups in total. The van der Waals surface area contributed by atoms with Gasteiger partial charge in [0.2, 0.25) is 7.26 Å². The zero-order valence-corrected chi connectivity index (χ0v) is 17.1. The van der Waals surface area contributed by atoms with Crippen molar-refractivity contribution in [2.45, 2.75) is 13.3 Å². The predicted octanol–water partition coefficient (Wildman–Crippen LogP) is 5.16. The molecule has 160 valence electrons. The molecule has 0 aromatic heterocycles. The number of hydrogen-bond acceptors (Lipinski definition) is 3. The third kappa shape index (κ3) is 4.10. The van der Waals surface area contributed by atoms with Crippen LogP contribution in [-0.2, 0) is 0 Å². The Labute approximate surface area is 175 Å². The van der Waals surface area contributed by atoms with Crippen molar-refractivity contribution in [3.8, 4) is 17.2 Å². The lowest BCUT2D eigenvalue weighted by Gasteiger charge is -2.28. The van der Waals surface area contributed by atoms with E-state index in [1.165, 1.54) is 57.7 Å². The molecule has 0 atom stereocenters. The lowest BCUT2D eigenvalue weighted by Crippen LogP contribution is -2.40. The van der Waals surface area contributed by atoms with Crippen molar-refractivity contribution in [2.75, 3.05) is 21.3 Å². The molecule has 0 heterocycles. The van der Waals surface area contributed by atoms with Gasteiger partial charge in [0.25, 0.3) is 0 Å². The van der Waals surface area contributed by atoms with Crippen LogP contribution in [0.25, 0.3) is 0 Å². The lowest BCUT2D eigenvalue weighted by molar-refractivity contribution is -0.0400. The summed E-state index contributed by atoms with van der Waals surface area (Å²) in [4.78, 5) is 0. The van der Waals surface area contributed by atoms with Gasteiger partial charge in [0.15, 0.2) is 0 Å². The van der Waals surface area contributed by atoms with E-state index in [1.54, 1.807) is 36.4 Å². The minimum atomic E-state index is -4.51. The van der Waals surface area contributed by atoms with Gasteiger partial charge in [0, 0.05) is 0 Å². The molecule has 30 heavy (non-hydrogen) atoms. The summed E-state index contributed by atoms with van der Waals surface area (Å²) in [5, 5.41) is 0.586. The zero-order chi connectivity index (χ0) is 21.1. The summed E-state index contributed by atoms with van der Waals surface area (Å²) in [7, 11) is 0.446. The molecular weight excluding hydrogens is 412 g/mol. The molecular formula is C23H25F3O3P+. The second kappa shape index (κ2) is 9.40. The second-order valence-electron chi connectivity index (χ2n) is 6.23. The van der Waals surface area contributed by atoms with Crippen molar-refractivity contribution in [3.05, 3.63) is 72.8 Å². The van der Waals surface area contributed by atoms with E-state index in [0.717, 1.165) is 0 Å². The highest BCUT2D eigenvalue weighted by Gasteiger charge is 2.67. The first-order valence-corrected chi connectivity index (χ1v) is 10.6. The maximum absolute atomic E-state index is 14.9. The smallest absolute Gasteiger partial charge is 0.497 e. The van der Waals surface area contributed by atoms with E-state index < -0.39 is 13.2 Å². The van der Waals surface area contributed by atoms with Crippen molar-refractivity contribution in [1.29, 1.82) is 0 Å². The van der Waals surface area contributed by atoms with Crippen molar-refractivity contribution in [2.24, 2.45) is 0 Å². The Hall–Kier alpha value is -2.72. The first-order chi connectivity index (χ1) is 13.9. The molecule has 0 radical (unpaired) electrons. The Balaban J connectivity index is 0.00000320. The van der Waals surface area contributed by atoms with Gasteiger partial charge >= 0.3 is 5.92 Å². The van der Waals surface area contributed by atoms with Crippen molar-refractivity contribution >= 4 is 23.2 Å². The Morgan fingerprint density at radius 2 is 0.767 bits per heavy atom. The fraction of sp³-hybridized carbons (Fsp3) is 0.217. The molecule has 0 aliphatic heterocycles. The van der Waals surface area contributed by atoms with Gasteiger partial charge in [-0.25, -0.2) is 0 Å². The van der Waals surface area contributed by atoms with Gasteiger partial charge in [-0.05, 0) is 72.8 Å². The lowest BCUT2D eigenvalue weighted by atomic mass is 10.3. The number of ether oxygens (including phenoxy) is 3. The first kappa shape index (κ1) is 23.6. The highest BCUT2D eigenvalue weighted by atomic mass is 31.2. The minimum Gasteiger partial charge on any atom is -0.497 e. The number of hydrogen-bond donors (Lipinski definition) is 0. The Morgan fingerprint density at radius 1 is 0.533 bits per heavy atom. The maximum Gasteiger partial charge on any atom is 0.524 e. The van der Waals surface area contributed by atoms with E-state index in [1.807, 2.05) is 0 Å². The minimum absolute atomic E-state index is 0. The van der Waals surface area contributed by atoms with Crippen LogP contribution in [0.3, 0.4) is 0 Å². The van der Waals surface area contributed by atoms with Gasteiger partial charge in [-0.3, -0.25) is 0 Å². The van der Waals surface area contributed by atoms with Gasteiger partial charge in [-0.15, -0.1) is 13.2 Å². The first-order valence-electron chi connectivity index (χ1n) is 8.76. The van der Waals surface area contributed by atoms with Crippen molar-refractivity contribution in [3.63, 3.8) is 0 Å². The fourth-order valence-electron chi connectivity index (χ4n) is 3.30. The summed E-state index contributed by atoms with van der Waals surface area (Å²) in [6.07, 6.45) is 0. The topological polar surface area (TPSA) is 27.7 Å². The molecule has 7 heteroatoms. The molecule has 0 spiro atoms. The molecule has 0 aliphatic rings. The maximum atomic E-state index is 14.9. The third-order valence-corrected chi connectivity index (χ3v) is 8.74. The highest BCUT2D eigenvalue weighted by Crippen LogP contribution is 2.68. The normalized spacial score (nSPS) is 11.4. The summed E-state index contributed by atoms with van der Waals surface area (Å²) in [5.74, 6) is -3.01. The van der Waals surface area contributed by atoms with Crippen molar-refractivity contribution < 1.29 is 27.4 Å². The number of halogens is 3. The van der Waals surface area contributed by atoms with Crippen LogP contribution in [0.4, 0.5) is 13.2 Å². The molecule has 3 nitrogen and oxygen atoms in total. The Kier molecular flexibility index (Phi) is 7.38. The average molecular weight is 437 g/mol. The number of rotatable bonds is 6. The van der Waals surface area contributed by atoms with Crippen molar-refractivity contribution in [1.82, 2.24) is 0 Å². The van der Waals surface area contributed by atoms with E-state index in [-0.39, 0.29) is 23.3 Å². The molecule has 3 aromatic carbocycles. The second-order valence-corrected chi connectivity index (χ2v) is 9.63. The van der Waals surface area contributed by atoms with Crippen LogP contribution >= 0.6 is 7.26 Å². The van der Waals surface area contributed by atoms with E-state index >= 15 is 0 Å². The Bertz CT molecular complexity index is 822. The number of benzene rings is 3. The van der Waals surface area contributed by atoms with Crippen LogP contribution in [0.2, 0.25) is 0 Å². The molecule has 3 aromatic rings. The van der Waals surface area contributed by atoms with Crippen LogP contribution in [0.15, 0.2) is 72.8 Å². The van der Waals surface area contributed by atoms with E-state index in [4.69, 9.17) is 14.2 Å². The van der Waals surface area contributed by atoms with Crippen LogP contribution < -0.4 is 30.1 Å². The van der Waals surface area contributed by atoms with E-state index in [2.05, 4.69) is 0 Å². The van der Waals surface area contributed by atoms with Crippen LogP contribution in [0.1, 0.15) is 7.43 Å². The van der Waals surface area contributed by atoms with Crippen LogP contribution in [0.5, 0.6) is 17.2 Å². The number of alkyl halides is 3. The van der Waals surface area contributed by atoms with E-state index in [9.17, 15) is 13.2 Å². The standard InChI is InChI=1S/C22H21F3O3P.CH4/c1-26-16-4-10-19(11-5-16)29(22(23,24)25,20-12-6-17(27-2)7-13-20)21-14-8-18(28-3)9-15-21;/h4-15H,1-3H3;1H4/q+1;. The third-order valence-electron chi connectivity index (χ3n) is 4.76. The quantitative estimate of drug-likeness (QED) is 0.499. The van der Waals surface area contributed by atoms with E-state index in [0.29, 0.717) is 17.2 Å². The molecule has 0 saturated carbocycles. The molecule has 3 rings (SSSR count). The zero-order valence-electron chi connectivity index (χ0n) is 16.2. The fourth-order valence-corrected chi connectivity index (χ4v) is 6.87. The van der Waals surface area contributed by atoms with Gasteiger partial charge < -0.3 is 14.2 Å². The van der Waals surface area contributed by atoms with Gasteiger partial charge in [0.1, 0.15) is 33.2 Å². The molecule has 0 bridgehead atoms. The van der Waals surface area contributed by atoms with Crippen LogP contribution in [-0.4, -0.2) is 27.2 Å². The summed E-state index contributed by atoms with van der Waals surface area (Å²) >= 11 is 0. The van der Waals surface area contributed by atoms with Gasteiger partial charge in [-0.2, -0.15) is 0 Å². The molecule has 0 aliphatic carbocycles. The monoisotopic (exact) mass is 437 g/mol. The summed E-state index contributed by atoms with van der Waals surface area (Å²) in [5.41, 5.74) is 0. The summed E-state index contributed by atoms with van der Waals surface area (Å²) < 4.78 is 60.2. The summed E-state index contributed by atoms with van der Waals surface area (Å²) in [6.45, 7) is 0.